The molecule has 28 heavy (non-hydrogen) atoms. The number of rotatable bonds is 6. The maximum Gasteiger partial charge on any atom is 0.573 e. The van der Waals surface area contributed by atoms with Crippen molar-refractivity contribution in [1.29, 1.82) is 0 Å². The van der Waals surface area contributed by atoms with E-state index in [0.717, 1.165) is 6.07 Å². The van der Waals surface area contributed by atoms with Crippen molar-refractivity contribution in [2.45, 2.75) is 36.4 Å². The molecule has 2 rings (SSSR count). The van der Waals surface area contributed by atoms with Crippen molar-refractivity contribution in [2.75, 3.05) is 0 Å². The summed E-state index contributed by atoms with van der Waals surface area (Å²) >= 11 is 3.20. The average molecular weight is 480 g/mol. The minimum atomic E-state index is -4.88. The lowest BCUT2D eigenvalue weighted by Crippen LogP contribution is -2.47. The number of nitrogens with one attached hydrogen (secondary N) is 1. The van der Waals surface area contributed by atoms with E-state index >= 15 is 0 Å². The Kier molecular flexibility index (Phi) is 6.44. The second-order valence-corrected chi connectivity index (χ2v) is 9.72. The molecule has 5 nitrogen and oxygen atoms in total. The fourth-order valence-electron chi connectivity index (χ4n) is 2.29. The number of hydrogen-bond acceptors (Lipinski definition) is 4. The maximum absolute atomic E-state index is 12.8. The molecule has 0 bridgehead atoms. The van der Waals surface area contributed by atoms with Crippen LogP contribution in [-0.2, 0) is 21.2 Å². The Morgan fingerprint density at radius 3 is 2.21 bits per heavy atom. The van der Waals surface area contributed by atoms with Gasteiger partial charge in [-0.2, -0.15) is 0 Å². The van der Waals surface area contributed by atoms with Gasteiger partial charge in [0.1, 0.15) is 10.5 Å². The molecule has 0 aliphatic carbocycles. The van der Waals surface area contributed by atoms with E-state index in [4.69, 9.17) is 0 Å². The summed E-state index contributed by atoms with van der Waals surface area (Å²) in [5.41, 5.74) is 0.0602. The summed E-state index contributed by atoms with van der Waals surface area (Å²) in [7, 11) is -4.04. The molecule has 0 unspecified atom stereocenters. The van der Waals surface area contributed by atoms with Gasteiger partial charge >= 0.3 is 6.36 Å². The quantitative estimate of drug-likeness (QED) is 0.673. The molecule has 0 aliphatic rings. The Bertz CT molecular complexity index is 958. The summed E-state index contributed by atoms with van der Waals surface area (Å²) in [5.74, 6) is -1.32. The van der Waals surface area contributed by atoms with Crippen molar-refractivity contribution in [3.05, 3.63) is 58.6 Å². The van der Waals surface area contributed by atoms with E-state index < -0.39 is 32.6 Å². The van der Waals surface area contributed by atoms with E-state index in [1.807, 2.05) is 0 Å². The topological polar surface area (TPSA) is 72.5 Å². The van der Waals surface area contributed by atoms with Crippen LogP contribution in [0.25, 0.3) is 0 Å². The first-order valence-corrected chi connectivity index (χ1v) is 10.2. The second-order valence-electron chi connectivity index (χ2n) is 6.31. The molecule has 10 heteroatoms. The van der Waals surface area contributed by atoms with Gasteiger partial charge in [-0.3, -0.25) is 4.79 Å². The van der Waals surface area contributed by atoms with Crippen LogP contribution >= 0.6 is 15.9 Å². The summed E-state index contributed by atoms with van der Waals surface area (Å²) in [6.45, 7) is 2.14. The van der Waals surface area contributed by atoms with E-state index in [2.05, 4.69) is 26.0 Å². The zero-order chi connectivity index (χ0) is 21.2. The highest BCUT2D eigenvalue weighted by molar-refractivity contribution is 9.10. The molecule has 0 fully saturated rings. The molecule has 1 amide bonds. The summed E-state index contributed by atoms with van der Waals surface area (Å²) in [6.07, 6.45) is -4.88. The molecular formula is C18H17BrF3NO4S. The molecule has 0 heterocycles. The number of hydrogen-bond donors (Lipinski definition) is 1. The first kappa shape index (κ1) is 22.2. The molecule has 0 atom stereocenters. The number of amides is 1. The van der Waals surface area contributed by atoms with E-state index in [1.165, 1.54) is 56.3 Å². The SMILES string of the molecule is CC(C)(C(=O)NCc1ccccc1OC(F)(F)F)S(=O)(=O)c1ccc(Br)cc1. The first-order chi connectivity index (χ1) is 12.8. The summed E-state index contributed by atoms with van der Waals surface area (Å²) in [4.78, 5) is 12.5. The lowest BCUT2D eigenvalue weighted by molar-refractivity contribution is -0.274. The van der Waals surface area contributed by atoms with Crippen LogP contribution in [0.15, 0.2) is 57.9 Å². The van der Waals surface area contributed by atoms with Gasteiger partial charge in [0.15, 0.2) is 9.84 Å². The standard InChI is InChI=1S/C18H17BrF3NO4S/c1-17(2,28(25,26)14-9-7-13(19)8-10-14)16(24)23-11-12-5-3-4-6-15(12)27-18(20,21)22/h3-10H,11H2,1-2H3,(H,23,24). The Hall–Kier alpha value is -2.07. The fraction of sp³-hybridized carbons (Fsp3) is 0.278. The highest BCUT2D eigenvalue weighted by atomic mass is 79.9. The number of alkyl halides is 3. The van der Waals surface area contributed by atoms with Crippen molar-refractivity contribution in [2.24, 2.45) is 0 Å². The van der Waals surface area contributed by atoms with Gasteiger partial charge in [-0.25, -0.2) is 8.42 Å². The second kappa shape index (κ2) is 8.12. The normalized spacial score (nSPS) is 12.5. The predicted molar refractivity (Wildman–Crippen MR) is 100 cm³/mol. The highest BCUT2D eigenvalue weighted by Crippen LogP contribution is 2.28. The minimum absolute atomic E-state index is 0.0448. The fourth-order valence-corrected chi connectivity index (χ4v) is 3.96. The van der Waals surface area contributed by atoms with Gasteiger partial charge in [-0.15, -0.1) is 13.2 Å². The molecule has 0 aliphatic heterocycles. The molecule has 2 aromatic carbocycles. The van der Waals surface area contributed by atoms with Gasteiger partial charge in [0.05, 0.1) is 4.90 Å². The van der Waals surface area contributed by atoms with E-state index in [9.17, 15) is 26.4 Å². The molecule has 0 saturated heterocycles. The van der Waals surface area contributed by atoms with Crippen molar-refractivity contribution >= 4 is 31.7 Å². The van der Waals surface area contributed by atoms with E-state index in [-0.39, 0.29) is 17.0 Å². The van der Waals surface area contributed by atoms with Gasteiger partial charge in [-0.05, 0) is 44.2 Å². The zero-order valence-corrected chi connectivity index (χ0v) is 17.3. The molecule has 0 spiro atoms. The maximum atomic E-state index is 12.8. The number of para-hydroxylation sites is 1. The van der Waals surface area contributed by atoms with Crippen LogP contribution < -0.4 is 10.1 Å². The molecule has 152 valence electrons. The molecular weight excluding hydrogens is 463 g/mol. The Labute approximate surface area is 168 Å². The predicted octanol–water partition coefficient (Wildman–Crippen LogP) is 4.22. The van der Waals surface area contributed by atoms with Crippen LogP contribution in [0, 0.1) is 0 Å². The molecule has 2 aromatic rings. The number of halogens is 4. The Balaban J connectivity index is 2.19. The third-order valence-corrected chi connectivity index (χ3v) is 6.93. The van der Waals surface area contributed by atoms with Crippen LogP contribution in [-0.4, -0.2) is 25.4 Å². The van der Waals surface area contributed by atoms with Crippen molar-refractivity contribution in [3.8, 4) is 5.75 Å². The van der Waals surface area contributed by atoms with Gasteiger partial charge in [0, 0.05) is 16.6 Å². The van der Waals surface area contributed by atoms with Crippen LogP contribution in [0.1, 0.15) is 19.4 Å². The van der Waals surface area contributed by atoms with Crippen LogP contribution in [0.4, 0.5) is 13.2 Å². The largest absolute Gasteiger partial charge is 0.573 e. The third-order valence-electron chi connectivity index (χ3n) is 3.98. The Morgan fingerprint density at radius 2 is 1.64 bits per heavy atom. The van der Waals surface area contributed by atoms with E-state index in [1.54, 1.807) is 0 Å². The molecule has 1 N–H and O–H groups in total. The summed E-state index contributed by atoms with van der Waals surface area (Å²) in [6, 6.07) is 11.1. The highest BCUT2D eigenvalue weighted by Gasteiger charge is 2.42. The number of carbonyl (C=O) groups excluding carboxylic acids is 1. The zero-order valence-electron chi connectivity index (χ0n) is 14.9. The van der Waals surface area contributed by atoms with Crippen LogP contribution in [0.3, 0.4) is 0 Å². The molecule has 0 aromatic heterocycles. The lowest BCUT2D eigenvalue weighted by Gasteiger charge is -2.24. The van der Waals surface area contributed by atoms with Gasteiger partial charge in [0.2, 0.25) is 5.91 Å². The Morgan fingerprint density at radius 1 is 1.07 bits per heavy atom. The minimum Gasteiger partial charge on any atom is -0.405 e. The lowest BCUT2D eigenvalue weighted by atomic mass is 10.1. The number of sulfone groups is 1. The third kappa shape index (κ3) is 5.05. The summed E-state index contributed by atoms with van der Waals surface area (Å²) in [5, 5.41) is 2.38. The van der Waals surface area contributed by atoms with Crippen molar-refractivity contribution < 1.29 is 31.1 Å². The average Bonchev–Trinajstić information content (AvgIpc) is 2.59. The first-order valence-electron chi connectivity index (χ1n) is 7.97. The van der Waals surface area contributed by atoms with Gasteiger partial charge in [0.25, 0.3) is 0 Å². The van der Waals surface area contributed by atoms with Gasteiger partial charge < -0.3 is 10.1 Å². The molecule has 0 radical (unpaired) electrons. The van der Waals surface area contributed by atoms with E-state index in [0.29, 0.717) is 4.47 Å². The number of benzene rings is 2. The smallest absolute Gasteiger partial charge is 0.405 e. The van der Waals surface area contributed by atoms with Crippen LogP contribution in [0.5, 0.6) is 5.75 Å². The number of carbonyl (C=O) groups is 1. The van der Waals surface area contributed by atoms with Crippen molar-refractivity contribution in [1.82, 2.24) is 5.32 Å². The summed E-state index contributed by atoms with van der Waals surface area (Å²) < 4.78 is 65.9. The molecule has 0 saturated carbocycles. The van der Waals surface area contributed by atoms with Crippen LogP contribution in [0.2, 0.25) is 0 Å². The van der Waals surface area contributed by atoms with Gasteiger partial charge in [-0.1, -0.05) is 34.1 Å². The van der Waals surface area contributed by atoms with Crippen molar-refractivity contribution in [3.63, 3.8) is 0 Å². The number of ether oxygens (including phenoxy) is 1. The monoisotopic (exact) mass is 479 g/mol.